The number of ether oxygens (including phenoxy) is 3. The molecular formula is C14H14FNO5. The van der Waals surface area contributed by atoms with Crippen LogP contribution in [0.2, 0.25) is 0 Å². The second kappa shape index (κ2) is 6.36. The van der Waals surface area contributed by atoms with E-state index in [9.17, 15) is 9.18 Å². The van der Waals surface area contributed by atoms with Crippen LogP contribution in [0.4, 0.5) is 4.39 Å². The lowest BCUT2D eigenvalue weighted by molar-refractivity contribution is 0.0559. The molecule has 0 radical (unpaired) electrons. The van der Waals surface area contributed by atoms with E-state index in [1.807, 2.05) is 0 Å². The monoisotopic (exact) mass is 295 g/mol. The molecule has 2 aromatic rings. The van der Waals surface area contributed by atoms with E-state index in [1.165, 1.54) is 33.5 Å². The van der Waals surface area contributed by atoms with Gasteiger partial charge in [-0.1, -0.05) is 6.07 Å². The molecule has 0 N–H and O–H groups in total. The lowest BCUT2D eigenvalue weighted by atomic mass is 10.2. The Morgan fingerprint density at radius 3 is 2.71 bits per heavy atom. The molecule has 0 aliphatic heterocycles. The zero-order valence-electron chi connectivity index (χ0n) is 11.8. The fourth-order valence-electron chi connectivity index (χ4n) is 1.83. The Bertz CT molecular complexity index is 653. The highest BCUT2D eigenvalue weighted by Crippen LogP contribution is 2.33. The molecule has 0 aliphatic carbocycles. The van der Waals surface area contributed by atoms with Crippen LogP contribution >= 0.6 is 0 Å². The zero-order valence-corrected chi connectivity index (χ0v) is 11.8. The number of rotatable bonds is 5. The van der Waals surface area contributed by atoms with E-state index < -0.39 is 11.8 Å². The Hall–Kier alpha value is -2.41. The standard InChI is InChI=1S/C14H14FNO5/c1-18-7-9-12(14(17)20-3)21-13(16-9)11-8(15)5-4-6-10(11)19-2/h4-6H,7H2,1-3H3. The first-order valence-electron chi connectivity index (χ1n) is 6.02. The van der Waals surface area contributed by atoms with Crippen LogP contribution in [0.25, 0.3) is 11.5 Å². The molecule has 6 nitrogen and oxygen atoms in total. The van der Waals surface area contributed by atoms with Gasteiger partial charge in [0.05, 0.1) is 20.8 Å². The molecule has 0 saturated carbocycles. The summed E-state index contributed by atoms with van der Waals surface area (Å²) in [6.45, 7) is 0.0324. The number of hydrogen-bond acceptors (Lipinski definition) is 6. The topological polar surface area (TPSA) is 70.8 Å². The molecule has 0 spiro atoms. The Kier molecular flexibility index (Phi) is 4.54. The molecule has 0 aliphatic rings. The third kappa shape index (κ3) is 2.87. The molecule has 0 unspecified atom stereocenters. The predicted octanol–water partition coefficient (Wildman–Crippen LogP) is 2.42. The van der Waals surface area contributed by atoms with Gasteiger partial charge < -0.3 is 18.6 Å². The Morgan fingerprint density at radius 1 is 1.33 bits per heavy atom. The van der Waals surface area contributed by atoms with Crippen molar-refractivity contribution in [2.24, 2.45) is 0 Å². The lowest BCUT2D eigenvalue weighted by Gasteiger charge is -2.05. The maximum Gasteiger partial charge on any atom is 0.376 e. The molecule has 2 rings (SSSR count). The average molecular weight is 295 g/mol. The van der Waals surface area contributed by atoms with Gasteiger partial charge in [0.15, 0.2) is 0 Å². The summed E-state index contributed by atoms with van der Waals surface area (Å²) >= 11 is 0. The fourth-order valence-corrected chi connectivity index (χ4v) is 1.83. The van der Waals surface area contributed by atoms with Crippen LogP contribution in [-0.4, -0.2) is 32.3 Å². The van der Waals surface area contributed by atoms with Crippen molar-refractivity contribution in [3.8, 4) is 17.2 Å². The summed E-state index contributed by atoms with van der Waals surface area (Å²) in [5.74, 6) is -1.24. The summed E-state index contributed by atoms with van der Waals surface area (Å²) in [7, 11) is 4.06. The van der Waals surface area contributed by atoms with Crippen LogP contribution in [0.1, 0.15) is 16.2 Å². The molecule has 1 aromatic carbocycles. The van der Waals surface area contributed by atoms with Crippen molar-refractivity contribution in [1.82, 2.24) is 4.98 Å². The number of hydrogen-bond donors (Lipinski definition) is 0. The van der Waals surface area contributed by atoms with Gasteiger partial charge in [0.25, 0.3) is 0 Å². The fraction of sp³-hybridized carbons (Fsp3) is 0.286. The first kappa shape index (κ1) is 15.0. The van der Waals surface area contributed by atoms with Crippen molar-refractivity contribution in [2.75, 3.05) is 21.3 Å². The van der Waals surface area contributed by atoms with Gasteiger partial charge in [-0.3, -0.25) is 0 Å². The maximum absolute atomic E-state index is 14.0. The highest BCUT2D eigenvalue weighted by Gasteiger charge is 2.25. The Labute approximate surface area is 120 Å². The third-order valence-corrected chi connectivity index (χ3v) is 2.76. The number of benzene rings is 1. The zero-order chi connectivity index (χ0) is 15.4. The first-order chi connectivity index (χ1) is 10.1. The van der Waals surface area contributed by atoms with Gasteiger partial charge in [-0.15, -0.1) is 0 Å². The van der Waals surface area contributed by atoms with Gasteiger partial charge >= 0.3 is 5.97 Å². The molecule has 0 atom stereocenters. The van der Waals surface area contributed by atoms with E-state index in [1.54, 1.807) is 6.07 Å². The van der Waals surface area contributed by atoms with Crippen LogP contribution in [-0.2, 0) is 16.1 Å². The number of methoxy groups -OCH3 is 3. The number of aromatic nitrogens is 1. The van der Waals surface area contributed by atoms with Crippen molar-refractivity contribution in [2.45, 2.75) is 6.61 Å². The number of carbonyl (C=O) groups excluding carboxylic acids is 1. The minimum absolute atomic E-state index is 0.0324. The molecule has 0 saturated heterocycles. The van der Waals surface area contributed by atoms with Crippen LogP contribution in [0.15, 0.2) is 22.6 Å². The summed E-state index contributed by atoms with van der Waals surface area (Å²) in [6, 6.07) is 4.31. The van der Waals surface area contributed by atoms with Crippen molar-refractivity contribution in [3.63, 3.8) is 0 Å². The van der Waals surface area contributed by atoms with Gasteiger partial charge in [-0.05, 0) is 12.1 Å². The molecule has 1 heterocycles. The predicted molar refractivity (Wildman–Crippen MR) is 70.5 cm³/mol. The smallest absolute Gasteiger partial charge is 0.376 e. The summed E-state index contributed by atoms with van der Waals surface area (Å²) in [5, 5.41) is 0. The number of nitrogens with zero attached hydrogens (tertiary/aromatic N) is 1. The van der Waals surface area contributed by atoms with Crippen LogP contribution < -0.4 is 4.74 Å². The van der Waals surface area contributed by atoms with Crippen LogP contribution in [0.3, 0.4) is 0 Å². The number of halogens is 1. The number of esters is 1. The summed E-state index contributed by atoms with van der Waals surface area (Å²) < 4.78 is 34.0. The van der Waals surface area contributed by atoms with E-state index in [0.717, 1.165) is 0 Å². The van der Waals surface area contributed by atoms with Crippen molar-refractivity contribution in [3.05, 3.63) is 35.5 Å². The van der Waals surface area contributed by atoms with Crippen molar-refractivity contribution < 1.29 is 27.8 Å². The average Bonchev–Trinajstić information content (AvgIpc) is 2.90. The maximum atomic E-state index is 14.0. The van der Waals surface area contributed by atoms with E-state index in [0.29, 0.717) is 0 Å². The molecule has 0 bridgehead atoms. The van der Waals surface area contributed by atoms with E-state index >= 15 is 0 Å². The van der Waals surface area contributed by atoms with Gasteiger partial charge in [0, 0.05) is 7.11 Å². The van der Waals surface area contributed by atoms with Crippen molar-refractivity contribution >= 4 is 5.97 Å². The summed E-state index contributed by atoms with van der Waals surface area (Å²) in [5.41, 5.74) is 0.261. The van der Waals surface area contributed by atoms with Crippen LogP contribution in [0.5, 0.6) is 5.75 Å². The van der Waals surface area contributed by atoms with E-state index in [-0.39, 0.29) is 35.3 Å². The minimum Gasteiger partial charge on any atom is -0.496 e. The Balaban J connectivity index is 2.58. The second-order valence-corrected chi connectivity index (χ2v) is 4.04. The SMILES string of the molecule is COCc1nc(-c2c(F)cccc2OC)oc1C(=O)OC. The summed E-state index contributed by atoms with van der Waals surface area (Å²) in [4.78, 5) is 15.8. The number of oxazole rings is 1. The highest BCUT2D eigenvalue weighted by molar-refractivity contribution is 5.88. The van der Waals surface area contributed by atoms with Gasteiger partial charge in [0.1, 0.15) is 22.8 Å². The minimum atomic E-state index is -0.712. The van der Waals surface area contributed by atoms with Gasteiger partial charge in [0.2, 0.25) is 11.7 Å². The molecule has 1 aromatic heterocycles. The van der Waals surface area contributed by atoms with E-state index in [4.69, 9.17) is 13.9 Å². The van der Waals surface area contributed by atoms with Crippen LogP contribution in [0, 0.1) is 5.82 Å². The van der Waals surface area contributed by atoms with Gasteiger partial charge in [-0.25, -0.2) is 14.2 Å². The molecule has 0 amide bonds. The summed E-state index contributed by atoms with van der Waals surface area (Å²) in [6.07, 6.45) is 0. The quantitative estimate of drug-likeness (QED) is 0.789. The number of carbonyl (C=O) groups is 1. The largest absolute Gasteiger partial charge is 0.496 e. The molecule has 0 fully saturated rings. The third-order valence-electron chi connectivity index (χ3n) is 2.76. The molecular weight excluding hydrogens is 281 g/mol. The normalized spacial score (nSPS) is 10.5. The molecule has 112 valence electrons. The first-order valence-corrected chi connectivity index (χ1v) is 6.02. The lowest BCUT2D eigenvalue weighted by Crippen LogP contribution is -2.04. The van der Waals surface area contributed by atoms with E-state index in [2.05, 4.69) is 9.72 Å². The van der Waals surface area contributed by atoms with Crippen molar-refractivity contribution in [1.29, 1.82) is 0 Å². The molecule has 21 heavy (non-hydrogen) atoms. The highest BCUT2D eigenvalue weighted by atomic mass is 19.1. The second-order valence-electron chi connectivity index (χ2n) is 4.04. The van der Waals surface area contributed by atoms with Gasteiger partial charge in [-0.2, -0.15) is 0 Å². The molecule has 7 heteroatoms. The Morgan fingerprint density at radius 2 is 2.10 bits per heavy atom.